The molecule has 3 heterocycles. The van der Waals surface area contributed by atoms with Gasteiger partial charge in [-0.1, -0.05) is 12.1 Å². The molecule has 0 spiro atoms. The smallest absolute Gasteiger partial charge is 0.321 e. The second-order valence-corrected chi connectivity index (χ2v) is 6.84. The third kappa shape index (κ3) is 4.01. The first kappa shape index (κ1) is 18.1. The van der Waals surface area contributed by atoms with E-state index in [1.807, 2.05) is 42.5 Å². The zero-order valence-electron chi connectivity index (χ0n) is 15.3. The van der Waals surface area contributed by atoms with Crippen LogP contribution in [0.5, 0.6) is 0 Å². The minimum absolute atomic E-state index is 0.106. The van der Waals surface area contributed by atoms with Crippen LogP contribution in [0.25, 0.3) is 5.69 Å². The Bertz CT molecular complexity index is 907. The molecule has 0 saturated carbocycles. The fraction of sp³-hybridized carbons (Fsp3) is 0.300. The molecule has 3 aromatic rings. The van der Waals surface area contributed by atoms with E-state index in [4.69, 9.17) is 0 Å². The van der Waals surface area contributed by atoms with Gasteiger partial charge in [-0.3, -0.25) is 4.98 Å². The quantitative estimate of drug-likeness (QED) is 0.728. The molecule has 8 heteroatoms. The molecule has 1 fully saturated rings. The topological polar surface area (TPSA) is 96.2 Å². The molecule has 1 atom stereocenters. The number of nitrogens with one attached hydrogen (secondary N) is 1. The molecule has 1 saturated heterocycles. The highest BCUT2D eigenvalue weighted by Gasteiger charge is 2.28. The van der Waals surface area contributed by atoms with Crippen molar-refractivity contribution in [3.8, 4) is 5.69 Å². The minimum Gasteiger partial charge on any atom is -0.387 e. The van der Waals surface area contributed by atoms with Crippen molar-refractivity contribution in [2.45, 2.75) is 18.9 Å². The maximum atomic E-state index is 12.6. The van der Waals surface area contributed by atoms with Crippen molar-refractivity contribution in [2.75, 3.05) is 18.4 Å². The van der Waals surface area contributed by atoms with Crippen molar-refractivity contribution in [1.29, 1.82) is 0 Å². The van der Waals surface area contributed by atoms with Gasteiger partial charge in [-0.15, -0.1) is 0 Å². The number of carbonyl (C=O) groups is 1. The molecule has 1 aliphatic heterocycles. The van der Waals surface area contributed by atoms with E-state index in [0.717, 1.165) is 18.5 Å². The summed E-state index contributed by atoms with van der Waals surface area (Å²) in [7, 11) is 0. The van der Waals surface area contributed by atoms with Crippen LogP contribution in [-0.2, 0) is 0 Å². The Morgan fingerprint density at radius 3 is 2.75 bits per heavy atom. The van der Waals surface area contributed by atoms with Crippen LogP contribution in [0.4, 0.5) is 10.5 Å². The summed E-state index contributed by atoms with van der Waals surface area (Å²) < 4.78 is 1.64. The lowest BCUT2D eigenvalue weighted by Crippen LogP contribution is -2.42. The molecule has 2 N–H and O–H groups in total. The Morgan fingerprint density at radius 1 is 1.18 bits per heavy atom. The Kier molecular flexibility index (Phi) is 5.29. The van der Waals surface area contributed by atoms with E-state index in [1.165, 1.54) is 6.33 Å². The number of urea groups is 1. The number of hydrogen-bond donors (Lipinski definition) is 2. The van der Waals surface area contributed by atoms with Crippen LogP contribution in [0.2, 0.25) is 0 Å². The van der Waals surface area contributed by atoms with Gasteiger partial charge in [0.2, 0.25) is 0 Å². The van der Waals surface area contributed by atoms with Crippen LogP contribution in [0, 0.1) is 5.92 Å². The number of aliphatic hydroxyl groups is 1. The molecule has 1 aliphatic rings. The van der Waals surface area contributed by atoms with Gasteiger partial charge in [0.25, 0.3) is 0 Å². The summed E-state index contributed by atoms with van der Waals surface area (Å²) >= 11 is 0. The molecule has 144 valence electrons. The fourth-order valence-corrected chi connectivity index (χ4v) is 3.48. The van der Waals surface area contributed by atoms with Gasteiger partial charge in [0.05, 0.1) is 17.5 Å². The molecule has 2 amide bonds. The van der Waals surface area contributed by atoms with E-state index in [2.05, 4.69) is 20.4 Å². The highest BCUT2D eigenvalue weighted by molar-refractivity contribution is 5.89. The van der Waals surface area contributed by atoms with E-state index in [-0.39, 0.29) is 11.9 Å². The number of pyridine rings is 1. The third-order valence-corrected chi connectivity index (χ3v) is 5.04. The molecular formula is C20H22N6O2. The summed E-state index contributed by atoms with van der Waals surface area (Å²) in [6.45, 7) is 1.20. The minimum atomic E-state index is -0.592. The predicted octanol–water partition coefficient (Wildman–Crippen LogP) is 2.64. The normalized spacial score (nSPS) is 16.0. The number of likely N-dealkylation sites (tertiary alicyclic amines) is 1. The van der Waals surface area contributed by atoms with Gasteiger partial charge < -0.3 is 15.3 Å². The number of piperidine rings is 1. The van der Waals surface area contributed by atoms with E-state index >= 15 is 0 Å². The van der Waals surface area contributed by atoms with Crippen LogP contribution in [0.3, 0.4) is 0 Å². The molecule has 28 heavy (non-hydrogen) atoms. The summed E-state index contributed by atoms with van der Waals surface area (Å²) in [5.74, 6) is 0.106. The number of aliphatic hydroxyl groups excluding tert-OH is 1. The first-order chi connectivity index (χ1) is 13.7. The van der Waals surface area contributed by atoms with Gasteiger partial charge >= 0.3 is 6.03 Å². The number of benzene rings is 1. The van der Waals surface area contributed by atoms with E-state index in [1.54, 1.807) is 22.1 Å². The lowest BCUT2D eigenvalue weighted by molar-refractivity contribution is 0.0652. The van der Waals surface area contributed by atoms with Crippen molar-refractivity contribution in [1.82, 2.24) is 24.6 Å². The second kappa shape index (κ2) is 8.18. The number of nitrogens with zero attached hydrogens (tertiary/aromatic N) is 5. The summed E-state index contributed by atoms with van der Waals surface area (Å²) in [4.78, 5) is 22.6. The van der Waals surface area contributed by atoms with Gasteiger partial charge in [0, 0.05) is 25.0 Å². The summed E-state index contributed by atoms with van der Waals surface area (Å²) in [6.07, 6.45) is 5.65. The van der Waals surface area contributed by atoms with Crippen LogP contribution in [-0.4, -0.2) is 48.9 Å². The first-order valence-electron chi connectivity index (χ1n) is 9.31. The Morgan fingerprint density at radius 2 is 2.04 bits per heavy atom. The van der Waals surface area contributed by atoms with Gasteiger partial charge in [-0.25, -0.2) is 14.5 Å². The Hall–Kier alpha value is -3.26. The van der Waals surface area contributed by atoms with Gasteiger partial charge in [-0.2, -0.15) is 5.10 Å². The third-order valence-electron chi connectivity index (χ3n) is 5.04. The molecule has 0 aliphatic carbocycles. The number of carbonyl (C=O) groups excluding carboxylic acids is 1. The van der Waals surface area contributed by atoms with Crippen LogP contribution < -0.4 is 5.32 Å². The molecule has 1 aromatic carbocycles. The van der Waals surface area contributed by atoms with Gasteiger partial charge in [0.15, 0.2) is 0 Å². The number of anilines is 1. The number of amides is 2. The van der Waals surface area contributed by atoms with E-state index in [0.29, 0.717) is 24.5 Å². The monoisotopic (exact) mass is 378 g/mol. The standard InChI is InChI=1S/C20H22N6O2/c27-19(18-6-1-2-9-22-18)15-7-10-25(11-8-15)20(28)24-16-4-3-5-17(12-16)26-14-21-13-23-26/h1-6,9,12-15,19,27H,7-8,10-11H2,(H,24,28)/t19-/m0/s1. The molecule has 4 rings (SSSR count). The lowest BCUT2D eigenvalue weighted by atomic mass is 9.89. The molecular weight excluding hydrogens is 356 g/mol. The largest absolute Gasteiger partial charge is 0.387 e. The maximum Gasteiger partial charge on any atom is 0.321 e. The average molecular weight is 378 g/mol. The molecule has 2 aromatic heterocycles. The molecule has 0 bridgehead atoms. The van der Waals surface area contributed by atoms with E-state index < -0.39 is 6.10 Å². The van der Waals surface area contributed by atoms with Gasteiger partial charge in [-0.05, 0) is 49.1 Å². The zero-order chi connectivity index (χ0) is 19.3. The molecule has 0 unspecified atom stereocenters. The molecule has 0 radical (unpaired) electrons. The number of aromatic nitrogens is 4. The van der Waals surface area contributed by atoms with Crippen molar-refractivity contribution >= 4 is 11.7 Å². The second-order valence-electron chi connectivity index (χ2n) is 6.84. The van der Waals surface area contributed by atoms with Crippen molar-refractivity contribution in [3.63, 3.8) is 0 Å². The SMILES string of the molecule is O=C(Nc1cccc(-n2cncn2)c1)N1CCC([C@H](O)c2ccccn2)CC1. The maximum absolute atomic E-state index is 12.6. The van der Waals surface area contributed by atoms with Crippen LogP contribution in [0.15, 0.2) is 61.3 Å². The van der Waals surface area contributed by atoms with Crippen molar-refractivity contribution in [2.24, 2.45) is 5.92 Å². The molecule has 8 nitrogen and oxygen atoms in total. The zero-order valence-corrected chi connectivity index (χ0v) is 15.3. The number of rotatable bonds is 4. The Balaban J connectivity index is 1.34. The highest BCUT2D eigenvalue weighted by Crippen LogP contribution is 2.29. The fourth-order valence-electron chi connectivity index (χ4n) is 3.48. The Labute approximate surface area is 162 Å². The first-order valence-corrected chi connectivity index (χ1v) is 9.31. The predicted molar refractivity (Wildman–Crippen MR) is 104 cm³/mol. The average Bonchev–Trinajstić information content (AvgIpc) is 3.29. The highest BCUT2D eigenvalue weighted by atomic mass is 16.3. The van der Waals surface area contributed by atoms with Crippen LogP contribution >= 0.6 is 0 Å². The summed E-state index contributed by atoms with van der Waals surface area (Å²) in [5, 5.41) is 17.6. The summed E-state index contributed by atoms with van der Waals surface area (Å²) in [6, 6.07) is 12.9. The van der Waals surface area contributed by atoms with Crippen molar-refractivity contribution in [3.05, 3.63) is 67.0 Å². The summed E-state index contributed by atoms with van der Waals surface area (Å²) in [5.41, 5.74) is 2.22. The van der Waals surface area contributed by atoms with Crippen molar-refractivity contribution < 1.29 is 9.90 Å². The van der Waals surface area contributed by atoms with E-state index in [9.17, 15) is 9.90 Å². The number of hydrogen-bond acceptors (Lipinski definition) is 5. The van der Waals surface area contributed by atoms with Crippen LogP contribution in [0.1, 0.15) is 24.6 Å². The lowest BCUT2D eigenvalue weighted by Gasteiger charge is -2.34. The van der Waals surface area contributed by atoms with Gasteiger partial charge in [0.1, 0.15) is 12.7 Å².